The molecule has 0 bridgehead atoms. The van der Waals surface area contributed by atoms with Gasteiger partial charge in [0.25, 0.3) is 0 Å². The predicted molar refractivity (Wildman–Crippen MR) is 139 cm³/mol. The minimum absolute atomic E-state index is 0.0580. The van der Waals surface area contributed by atoms with Crippen LogP contribution in [0.5, 0.6) is 0 Å². The van der Waals surface area contributed by atoms with Crippen LogP contribution in [-0.2, 0) is 16.1 Å². The Morgan fingerprint density at radius 1 is 1.36 bits per heavy atom. The van der Waals surface area contributed by atoms with Crippen LogP contribution in [0.25, 0.3) is 16.9 Å². The first-order valence-electron chi connectivity index (χ1n) is 12.3. The van der Waals surface area contributed by atoms with Crippen LogP contribution in [-0.4, -0.2) is 58.5 Å². The Morgan fingerprint density at radius 2 is 2.19 bits per heavy atom. The SMILES string of the molecule is CCN(Cc1cc(Nc2nc(C)cn3c(-c4cn[nH]c4)cnc23)sn1)C(C)(C)COC(=O)C1CCC1. The standard InChI is InChI=1S/C25H32N8O2S/c1-5-32(25(3,4)15-35-24(34)17-7-6-8-17)14-19-9-21(36-31-19)30-22-23-26-12-20(18-10-27-28-11-18)33(23)13-16(2)29-22/h9-13,17H,5-8,14-15H2,1-4H3,(H,27,28)(H,29,30). The summed E-state index contributed by atoms with van der Waals surface area (Å²) in [5, 5.41) is 11.2. The normalized spacial score (nSPS) is 14.4. The number of ether oxygens (including phenoxy) is 1. The van der Waals surface area contributed by atoms with E-state index in [1.165, 1.54) is 11.5 Å². The summed E-state index contributed by atoms with van der Waals surface area (Å²) in [5.74, 6) is 0.712. The lowest BCUT2D eigenvalue weighted by Crippen LogP contribution is -2.47. The van der Waals surface area contributed by atoms with Crippen LogP contribution >= 0.6 is 11.5 Å². The number of esters is 1. The Labute approximate surface area is 214 Å². The molecule has 2 N–H and O–H groups in total. The average molecular weight is 509 g/mol. The summed E-state index contributed by atoms with van der Waals surface area (Å²) >= 11 is 1.39. The highest BCUT2D eigenvalue weighted by atomic mass is 32.1. The average Bonchev–Trinajstić information content (AvgIpc) is 3.55. The molecule has 1 fully saturated rings. The molecule has 5 rings (SSSR count). The summed E-state index contributed by atoms with van der Waals surface area (Å²) in [5.41, 5.74) is 4.16. The molecule has 190 valence electrons. The number of rotatable bonds is 10. The zero-order valence-electron chi connectivity index (χ0n) is 21.1. The lowest BCUT2D eigenvalue weighted by molar-refractivity contribution is -0.155. The summed E-state index contributed by atoms with van der Waals surface area (Å²) < 4.78 is 12.3. The van der Waals surface area contributed by atoms with Crippen LogP contribution in [0.15, 0.2) is 30.9 Å². The van der Waals surface area contributed by atoms with Gasteiger partial charge in [-0.1, -0.05) is 13.3 Å². The first-order valence-corrected chi connectivity index (χ1v) is 13.1. The lowest BCUT2D eigenvalue weighted by Gasteiger charge is -2.37. The number of likely N-dealkylation sites (N-methyl/N-ethyl adjacent to an activating group) is 1. The summed E-state index contributed by atoms with van der Waals surface area (Å²) in [6.45, 7) is 10.1. The van der Waals surface area contributed by atoms with E-state index in [2.05, 4.69) is 55.5 Å². The van der Waals surface area contributed by atoms with Crippen LogP contribution < -0.4 is 5.32 Å². The first-order chi connectivity index (χ1) is 17.3. The van der Waals surface area contributed by atoms with Crippen molar-refractivity contribution in [3.8, 4) is 11.3 Å². The molecule has 0 aliphatic heterocycles. The van der Waals surface area contributed by atoms with Gasteiger partial charge in [-0.15, -0.1) is 0 Å². The van der Waals surface area contributed by atoms with Gasteiger partial charge in [0.2, 0.25) is 0 Å². The number of carbonyl (C=O) groups excluding carboxylic acids is 1. The molecule has 0 spiro atoms. The number of hydrogen-bond donors (Lipinski definition) is 2. The van der Waals surface area contributed by atoms with Crippen molar-refractivity contribution in [1.82, 2.24) is 33.8 Å². The van der Waals surface area contributed by atoms with E-state index in [0.29, 0.717) is 19.0 Å². The summed E-state index contributed by atoms with van der Waals surface area (Å²) in [7, 11) is 0. The molecule has 1 aliphatic rings. The third-order valence-corrected chi connectivity index (χ3v) is 7.55. The summed E-state index contributed by atoms with van der Waals surface area (Å²) in [6.07, 6.45) is 10.4. The van der Waals surface area contributed by atoms with E-state index in [1.807, 2.05) is 36.0 Å². The van der Waals surface area contributed by atoms with Gasteiger partial charge in [0.05, 0.1) is 35.4 Å². The van der Waals surface area contributed by atoms with E-state index in [9.17, 15) is 4.79 Å². The molecule has 10 nitrogen and oxygen atoms in total. The maximum Gasteiger partial charge on any atom is 0.308 e. The minimum atomic E-state index is -0.297. The molecular weight excluding hydrogens is 476 g/mol. The molecule has 4 aromatic heterocycles. The molecule has 0 saturated heterocycles. The lowest BCUT2D eigenvalue weighted by atomic mass is 9.86. The van der Waals surface area contributed by atoms with Gasteiger partial charge < -0.3 is 10.1 Å². The largest absolute Gasteiger partial charge is 0.464 e. The molecule has 1 saturated carbocycles. The molecule has 4 heterocycles. The van der Waals surface area contributed by atoms with Crippen molar-refractivity contribution < 1.29 is 9.53 Å². The molecule has 0 aromatic carbocycles. The van der Waals surface area contributed by atoms with Crippen molar-refractivity contribution in [1.29, 1.82) is 0 Å². The van der Waals surface area contributed by atoms with Crippen LogP contribution in [0, 0.1) is 12.8 Å². The number of aryl methyl sites for hydroxylation is 1. The minimum Gasteiger partial charge on any atom is -0.464 e. The smallest absolute Gasteiger partial charge is 0.308 e. The Hall–Kier alpha value is -3.31. The van der Waals surface area contributed by atoms with Gasteiger partial charge in [-0.2, -0.15) is 9.47 Å². The number of aromatic amines is 1. The van der Waals surface area contributed by atoms with Crippen molar-refractivity contribution in [2.24, 2.45) is 5.92 Å². The van der Waals surface area contributed by atoms with E-state index in [1.54, 1.807) is 6.20 Å². The highest BCUT2D eigenvalue weighted by Crippen LogP contribution is 2.30. The molecule has 36 heavy (non-hydrogen) atoms. The second-order valence-electron chi connectivity index (χ2n) is 9.92. The second-order valence-corrected chi connectivity index (χ2v) is 10.7. The number of H-pyrrole nitrogens is 1. The Balaban J connectivity index is 1.28. The number of hydrogen-bond acceptors (Lipinski definition) is 9. The summed E-state index contributed by atoms with van der Waals surface area (Å²) in [4.78, 5) is 23.8. The van der Waals surface area contributed by atoms with Gasteiger partial charge in [0, 0.05) is 30.0 Å². The van der Waals surface area contributed by atoms with Crippen molar-refractivity contribution in [3.63, 3.8) is 0 Å². The van der Waals surface area contributed by atoms with E-state index in [4.69, 9.17) is 4.74 Å². The Kier molecular flexibility index (Phi) is 6.76. The Bertz CT molecular complexity index is 1340. The van der Waals surface area contributed by atoms with Crippen molar-refractivity contribution in [2.45, 2.75) is 59.0 Å². The number of anilines is 2. The van der Waals surface area contributed by atoms with E-state index >= 15 is 0 Å². The van der Waals surface area contributed by atoms with E-state index in [0.717, 1.165) is 59.1 Å². The van der Waals surface area contributed by atoms with E-state index < -0.39 is 0 Å². The molecule has 1 aliphatic carbocycles. The number of aromatic nitrogens is 6. The predicted octanol–water partition coefficient (Wildman–Crippen LogP) is 4.57. The number of fused-ring (bicyclic) bond motifs is 1. The Morgan fingerprint density at radius 3 is 2.89 bits per heavy atom. The molecule has 0 amide bonds. The zero-order valence-corrected chi connectivity index (χ0v) is 21.9. The van der Waals surface area contributed by atoms with Crippen molar-refractivity contribution >= 4 is 34.0 Å². The van der Waals surface area contributed by atoms with Crippen LogP contribution in [0.4, 0.5) is 10.8 Å². The van der Waals surface area contributed by atoms with Gasteiger partial charge >= 0.3 is 5.97 Å². The molecule has 4 aromatic rings. The number of carbonyl (C=O) groups is 1. The molecule has 0 atom stereocenters. The molecule has 0 radical (unpaired) electrons. The fourth-order valence-corrected chi connectivity index (χ4v) is 5.07. The van der Waals surface area contributed by atoms with Crippen molar-refractivity contribution in [2.75, 3.05) is 18.5 Å². The highest BCUT2D eigenvalue weighted by Gasteiger charge is 2.32. The van der Waals surface area contributed by atoms with Gasteiger partial charge in [-0.05, 0) is 57.8 Å². The van der Waals surface area contributed by atoms with Gasteiger partial charge in [-0.25, -0.2) is 9.97 Å². The molecular formula is C25H32N8O2S. The third kappa shape index (κ3) is 4.98. The van der Waals surface area contributed by atoms with Crippen molar-refractivity contribution in [3.05, 3.63) is 42.2 Å². The fourth-order valence-electron chi connectivity index (χ4n) is 4.41. The van der Waals surface area contributed by atoms with Gasteiger partial charge in [0.1, 0.15) is 11.6 Å². The van der Waals surface area contributed by atoms with Crippen LogP contribution in [0.3, 0.4) is 0 Å². The molecule has 11 heteroatoms. The van der Waals surface area contributed by atoms with E-state index in [-0.39, 0.29) is 17.4 Å². The van der Waals surface area contributed by atoms with Gasteiger partial charge in [-0.3, -0.25) is 19.2 Å². The van der Waals surface area contributed by atoms with Gasteiger partial charge in [0.15, 0.2) is 11.5 Å². The zero-order chi connectivity index (χ0) is 25.3. The summed E-state index contributed by atoms with van der Waals surface area (Å²) in [6, 6.07) is 2.05. The first kappa shape index (κ1) is 24.4. The monoisotopic (exact) mass is 508 g/mol. The number of nitrogens with one attached hydrogen (secondary N) is 2. The maximum absolute atomic E-state index is 12.2. The number of imidazole rings is 1. The maximum atomic E-state index is 12.2. The second kappa shape index (κ2) is 9.98. The highest BCUT2D eigenvalue weighted by molar-refractivity contribution is 7.10. The molecule has 0 unspecified atom stereocenters. The van der Waals surface area contributed by atoms with Crippen LogP contribution in [0.2, 0.25) is 0 Å². The fraction of sp³-hybridized carbons (Fsp3) is 0.480. The quantitative estimate of drug-likeness (QED) is 0.300. The number of nitrogens with zero attached hydrogens (tertiary/aromatic N) is 6. The van der Waals surface area contributed by atoms with Crippen LogP contribution in [0.1, 0.15) is 51.4 Å². The third-order valence-electron chi connectivity index (χ3n) is 6.80. The topological polar surface area (TPSA) is 113 Å².